The second-order valence-electron chi connectivity index (χ2n) is 9.93. The van der Waals surface area contributed by atoms with Crippen LogP contribution in [0.2, 0.25) is 0 Å². The van der Waals surface area contributed by atoms with Gasteiger partial charge < -0.3 is 10.1 Å². The van der Waals surface area contributed by atoms with Crippen LogP contribution in [0.25, 0.3) is 0 Å². The van der Waals surface area contributed by atoms with Crippen molar-refractivity contribution >= 4 is 33.5 Å². The van der Waals surface area contributed by atoms with Crippen molar-refractivity contribution in [2.24, 2.45) is 22.7 Å². The lowest BCUT2D eigenvalue weighted by Gasteiger charge is -2.59. The number of nitrogens with zero attached hydrogens (tertiary/aromatic N) is 2. The first kappa shape index (κ1) is 19.0. The topological polar surface area (TPSA) is 73.2 Å². The molecule has 4 bridgehead atoms. The first-order valence-electron chi connectivity index (χ1n) is 9.77. The van der Waals surface area contributed by atoms with E-state index >= 15 is 0 Å². The standard InChI is InChI=1S/C20H28BrN3O3/c1-18(2,3)17(26)27-12-24-10-15(9-22-24)23-16(25)19-5-13-4-14(6-19)8-20(21,7-13)11-19/h9-10,13-14H,4-8,11-12H2,1-3H3,(H,23,25)/t13-,14+,19?,20?. The number of carbonyl (C=O) groups is 2. The van der Waals surface area contributed by atoms with E-state index in [9.17, 15) is 9.59 Å². The van der Waals surface area contributed by atoms with Crippen molar-refractivity contribution in [1.29, 1.82) is 0 Å². The van der Waals surface area contributed by atoms with E-state index in [-0.39, 0.29) is 28.3 Å². The van der Waals surface area contributed by atoms with Gasteiger partial charge in [0.2, 0.25) is 5.91 Å². The summed E-state index contributed by atoms with van der Waals surface area (Å²) >= 11 is 3.96. The Labute approximate surface area is 168 Å². The second kappa shape index (κ2) is 6.33. The van der Waals surface area contributed by atoms with Crippen molar-refractivity contribution in [3.63, 3.8) is 0 Å². The maximum atomic E-state index is 13.2. The van der Waals surface area contributed by atoms with Crippen molar-refractivity contribution in [1.82, 2.24) is 9.78 Å². The van der Waals surface area contributed by atoms with Crippen LogP contribution in [0.15, 0.2) is 12.4 Å². The number of hydrogen-bond acceptors (Lipinski definition) is 4. The number of aromatic nitrogens is 2. The monoisotopic (exact) mass is 437 g/mol. The normalized spacial score (nSPS) is 34.5. The minimum Gasteiger partial charge on any atom is -0.442 e. The number of halogens is 1. The number of carbonyl (C=O) groups excluding carboxylic acids is 2. The Hall–Kier alpha value is -1.37. The molecular weight excluding hydrogens is 410 g/mol. The summed E-state index contributed by atoms with van der Waals surface area (Å²) in [6, 6.07) is 0. The first-order chi connectivity index (χ1) is 12.6. The molecule has 0 aliphatic heterocycles. The molecule has 148 valence electrons. The van der Waals surface area contributed by atoms with Gasteiger partial charge in [0, 0.05) is 4.32 Å². The molecule has 1 amide bonds. The molecule has 1 heterocycles. The second-order valence-corrected chi connectivity index (χ2v) is 11.6. The molecule has 27 heavy (non-hydrogen) atoms. The highest BCUT2D eigenvalue weighted by molar-refractivity contribution is 9.10. The number of ether oxygens (including phenoxy) is 1. The summed E-state index contributed by atoms with van der Waals surface area (Å²) < 4.78 is 6.95. The molecular formula is C20H28BrN3O3. The van der Waals surface area contributed by atoms with Gasteiger partial charge in [-0.25, -0.2) is 4.68 Å². The van der Waals surface area contributed by atoms with Crippen LogP contribution in [0.3, 0.4) is 0 Å². The fourth-order valence-corrected chi connectivity index (χ4v) is 6.97. The van der Waals surface area contributed by atoms with Gasteiger partial charge in [0.15, 0.2) is 6.73 Å². The molecule has 5 rings (SSSR count). The third-order valence-corrected chi connectivity index (χ3v) is 7.23. The van der Waals surface area contributed by atoms with Crippen LogP contribution in [0.5, 0.6) is 0 Å². The van der Waals surface area contributed by atoms with Crippen LogP contribution < -0.4 is 5.32 Å². The third kappa shape index (κ3) is 3.67. The van der Waals surface area contributed by atoms with Crippen molar-refractivity contribution in [2.75, 3.05) is 5.32 Å². The number of nitrogens with one attached hydrogen (secondary N) is 1. The maximum absolute atomic E-state index is 13.2. The Morgan fingerprint density at radius 2 is 1.96 bits per heavy atom. The zero-order chi connectivity index (χ0) is 19.4. The lowest BCUT2D eigenvalue weighted by molar-refractivity contribution is -0.157. The zero-order valence-corrected chi connectivity index (χ0v) is 17.8. The Morgan fingerprint density at radius 3 is 2.56 bits per heavy atom. The maximum Gasteiger partial charge on any atom is 0.313 e. The molecule has 6 nitrogen and oxygen atoms in total. The van der Waals surface area contributed by atoms with E-state index in [4.69, 9.17) is 4.74 Å². The fourth-order valence-electron chi connectivity index (χ4n) is 5.52. The summed E-state index contributed by atoms with van der Waals surface area (Å²) in [6.07, 6.45) is 9.95. The minimum absolute atomic E-state index is 0.0474. The van der Waals surface area contributed by atoms with E-state index in [1.807, 2.05) is 20.8 Å². The Kier molecular flexibility index (Phi) is 4.44. The predicted octanol–water partition coefficient (Wildman–Crippen LogP) is 4.10. The van der Waals surface area contributed by atoms with E-state index in [0.717, 1.165) is 19.3 Å². The molecule has 4 fully saturated rings. The average Bonchev–Trinajstić information content (AvgIpc) is 2.96. The average molecular weight is 438 g/mol. The number of hydrogen-bond donors (Lipinski definition) is 1. The smallest absolute Gasteiger partial charge is 0.313 e. The number of alkyl halides is 1. The van der Waals surface area contributed by atoms with E-state index < -0.39 is 5.41 Å². The number of amides is 1. The van der Waals surface area contributed by atoms with Crippen LogP contribution in [-0.2, 0) is 21.1 Å². The minimum atomic E-state index is -0.547. The summed E-state index contributed by atoms with van der Waals surface area (Å²) in [4.78, 5) is 25.0. The Bertz CT molecular complexity index is 753. The SMILES string of the molecule is CC(C)(C)C(=O)OCn1cc(NC(=O)C23C[C@@H]4C[C@@H](CC(Br)(C4)C2)C3)cn1. The highest BCUT2D eigenvalue weighted by atomic mass is 79.9. The van der Waals surface area contributed by atoms with Crippen LogP contribution >= 0.6 is 15.9 Å². The van der Waals surface area contributed by atoms with Gasteiger partial charge in [-0.3, -0.25) is 9.59 Å². The number of esters is 1. The van der Waals surface area contributed by atoms with Gasteiger partial charge in [-0.1, -0.05) is 15.9 Å². The Balaban J connectivity index is 1.39. The molecule has 4 saturated carbocycles. The predicted molar refractivity (Wildman–Crippen MR) is 105 cm³/mol. The van der Waals surface area contributed by atoms with Gasteiger partial charge in [0.1, 0.15) is 0 Å². The molecule has 2 unspecified atom stereocenters. The highest BCUT2D eigenvalue weighted by Crippen LogP contribution is 2.64. The summed E-state index contributed by atoms with van der Waals surface area (Å²) in [6.45, 7) is 5.48. The van der Waals surface area contributed by atoms with E-state index in [1.165, 1.54) is 23.9 Å². The van der Waals surface area contributed by atoms with E-state index in [2.05, 4.69) is 26.3 Å². The summed E-state index contributed by atoms with van der Waals surface area (Å²) in [7, 11) is 0. The quantitative estimate of drug-likeness (QED) is 0.568. The highest BCUT2D eigenvalue weighted by Gasteiger charge is 2.59. The van der Waals surface area contributed by atoms with Gasteiger partial charge in [-0.05, 0) is 71.1 Å². The van der Waals surface area contributed by atoms with Crippen LogP contribution in [0, 0.1) is 22.7 Å². The van der Waals surface area contributed by atoms with Gasteiger partial charge in [0.25, 0.3) is 0 Å². The molecule has 0 spiro atoms. The van der Waals surface area contributed by atoms with Crippen LogP contribution in [0.4, 0.5) is 5.69 Å². The number of rotatable bonds is 4. The number of anilines is 1. The summed E-state index contributed by atoms with van der Waals surface area (Å²) in [5.41, 5.74) is -0.144. The van der Waals surface area contributed by atoms with Crippen LogP contribution in [0.1, 0.15) is 59.3 Å². The first-order valence-corrected chi connectivity index (χ1v) is 10.6. The van der Waals surface area contributed by atoms with Crippen molar-refractivity contribution in [2.45, 2.75) is 70.4 Å². The largest absolute Gasteiger partial charge is 0.442 e. The molecule has 0 radical (unpaired) electrons. The molecule has 0 aromatic carbocycles. The van der Waals surface area contributed by atoms with Gasteiger partial charge in [-0.15, -0.1) is 0 Å². The molecule has 4 aliphatic carbocycles. The van der Waals surface area contributed by atoms with E-state index in [0.29, 0.717) is 17.5 Å². The molecule has 4 aliphatic rings. The molecule has 1 N–H and O–H groups in total. The zero-order valence-electron chi connectivity index (χ0n) is 16.3. The molecule has 1 aromatic heterocycles. The van der Waals surface area contributed by atoms with Crippen molar-refractivity contribution in [3.8, 4) is 0 Å². The molecule has 7 heteroatoms. The van der Waals surface area contributed by atoms with Gasteiger partial charge in [-0.2, -0.15) is 5.10 Å². The van der Waals surface area contributed by atoms with Crippen molar-refractivity contribution < 1.29 is 14.3 Å². The van der Waals surface area contributed by atoms with Crippen molar-refractivity contribution in [3.05, 3.63) is 12.4 Å². The fraction of sp³-hybridized carbons (Fsp3) is 0.750. The van der Waals surface area contributed by atoms with Crippen LogP contribution in [-0.4, -0.2) is 26.0 Å². The van der Waals surface area contributed by atoms with Gasteiger partial charge >= 0.3 is 5.97 Å². The lowest BCUT2D eigenvalue weighted by Crippen LogP contribution is -2.57. The molecule has 1 aromatic rings. The molecule has 0 saturated heterocycles. The van der Waals surface area contributed by atoms with E-state index in [1.54, 1.807) is 12.4 Å². The summed E-state index contributed by atoms with van der Waals surface area (Å²) in [5.74, 6) is 1.17. The summed E-state index contributed by atoms with van der Waals surface area (Å²) in [5, 5.41) is 7.27. The third-order valence-electron chi connectivity index (χ3n) is 6.30. The lowest BCUT2D eigenvalue weighted by atomic mass is 9.49. The van der Waals surface area contributed by atoms with Gasteiger partial charge in [0.05, 0.1) is 28.9 Å². The molecule has 4 atom stereocenters. The Morgan fingerprint density at radius 1 is 1.30 bits per heavy atom.